The van der Waals surface area contributed by atoms with E-state index in [2.05, 4.69) is 0 Å². The highest BCUT2D eigenvalue weighted by Gasteiger charge is 2.40. The first kappa shape index (κ1) is 23.1. The number of hydrogen-bond donors (Lipinski definition) is 0. The second-order valence-electron chi connectivity index (χ2n) is 7.53. The van der Waals surface area contributed by atoms with Crippen LogP contribution in [-0.2, 0) is 25.0 Å². The summed E-state index contributed by atoms with van der Waals surface area (Å²) in [6, 6.07) is 26.6. The van der Waals surface area contributed by atoms with Crippen LogP contribution in [0.1, 0.15) is 36.3 Å². The minimum absolute atomic E-state index is 0.204. The number of benzene rings is 3. The molecule has 4 rings (SSSR count). The number of carbonyl (C=O) groups is 1. The van der Waals surface area contributed by atoms with Gasteiger partial charge in [-0.25, -0.2) is 0 Å². The largest absolute Gasteiger partial charge is 0.359 e. The first-order valence-electron chi connectivity index (χ1n) is 11.0. The standard InChI is InChI=1S/C26H27N2O4P/c1-3-31-33(30,32-4-2)25(21-15-9-6-10-16-21)27-24-22-17-11-12-18-23(22)28(26(24)29)19-20-13-7-5-8-14-20/h5-18,25H,3-4,19H2,1-2H3/t25-/m1/s1. The highest BCUT2D eigenvalue weighted by Crippen LogP contribution is 2.62. The fourth-order valence-corrected chi connectivity index (χ4v) is 5.79. The van der Waals surface area contributed by atoms with E-state index in [1.54, 1.807) is 18.7 Å². The van der Waals surface area contributed by atoms with E-state index in [1.807, 2.05) is 84.9 Å². The van der Waals surface area contributed by atoms with Gasteiger partial charge in [-0.1, -0.05) is 78.9 Å². The van der Waals surface area contributed by atoms with Crippen LogP contribution in [0.5, 0.6) is 0 Å². The average molecular weight is 462 g/mol. The summed E-state index contributed by atoms with van der Waals surface area (Å²) in [5, 5.41) is 0. The number of rotatable bonds is 9. The van der Waals surface area contributed by atoms with Crippen LogP contribution in [-0.4, -0.2) is 24.8 Å². The molecule has 1 heterocycles. The molecule has 0 radical (unpaired) electrons. The lowest BCUT2D eigenvalue weighted by atomic mass is 10.1. The maximum atomic E-state index is 13.8. The highest BCUT2D eigenvalue weighted by molar-refractivity contribution is 7.54. The molecule has 0 N–H and O–H groups in total. The van der Waals surface area contributed by atoms with Gasteiger partial charge in [0.1, 0.15) is 5.71 Å². The monoisotopic (exact) mass is 462 g/mol. The number of anilines is 1. The summed E-state index contributed by atoms with van der Waals surface area (Å²) in [7, 11) is -3.69. The lowest BCUT2D eigenvalue weighted by Gasteiger charge is -2.24. The van der Waals surface area contributed by atoms with E-state index in [4.69, 9.17) is 14.0 Å². The molecular weight excluding hydrogens is 435 g/mol. The Hall–Kier alpha value is -3.05. The molecule has 1 aliphatic rings. The van der Waals surface area contributed by atoms with Gasteiger partial charge in [-0.15, -0.1) is 0 Å². The molecule has 1 atom stereocenters. The second-order valence-corrected chi connectivity index (χ2v) is 9.62. The van der Waals surface area contributed by atoms with E-state index < -0.39 is 13.4 Å². The molecule has 6 nitrogen and oxygen atoms in total. The summed E-state index contributed by atoms with van der Waals surface area (Å²) in [4.78, 5) is 20.1. The molecule has 0 unspecified atom stereocenters. The number of amides is 1. The van der Waals surface area contributed by atoms with Gasteiger partial charge in [0.15, 0.2) is 5.78 Å². The van der Waals surface area contributed by atoms with Crippen molar-refractivity contribution in [3.63, 3.8) is 0 Å². The summed E-state index contributed by atoms with van der Waals surface area (Å²) in [6.07, 6.45) is 0. The van der Waals surface area contributed by atoms with E-state index in [9.17, 15) is 9.36 Å². The van der Waals surface area contributed by atoms with Gasteiger partial charge in [-0.2, -0.15) is 0 Å². The van der Waals surface area contributed by atoms with Crippen LogP contribution in [0.4, 0.5) is 5.69 Å². The van der Waals surface area contributed by atoms with Gasteiger partial charge in [-0.3, -0.25) is 14.4 Å². The molecule has 1 amide bonds. The van der Waals surface area contributed by atoms with Crippen molar-refractivity contribution in [2.45, 2.75) is 26.2 Å². The third-order valence-electron chi connectivity index (χ3n) is 5.35. The molecule has 1 aliphatic heterocycles. The number of nitrogens with zero attached hydrogens (tertiary/aromatic N) is 2. The lowest BCUT2D eigenvalue weighted by molar-refractivity contribution is -0.112. The van der Waals surface area contributed by atoms with E-state index >= 15 is 0 Å². The molecule has 3 aromatic rings. The quantitative estimate of drug-likeness (QED) is 0.367. The van der Waals surface area contributed by atoms with E-state index in [-0.39, 0.29) is 24.8 Å². The van der Waals surface area contributed by atoms with Crippen LogP contribution in [0.3, 0.4) is 0 Å². The van der Waals surface area contributed by atoms with E-state index in [1.165, 1.54) is 0 Å². The average Bonchev–Trinajstić information content (AvgIpc) is 3.09. The molecule has 0 aliphatic carbocycles. The van der Waals surface area contributed by atoms with Crippen molar-refractivity contribution in [2.24, 2.45) is 4.99 Å². The Balaban J connectivity index is 1.81. The maximum absolute atomic E-state index is 13.8. The summed E-state index contributed by atoms with van der Waals surface area (Å²) in [5.41, 5.74) is 3.42. The predicted molar refractivity (Wildman–Crippen MR) is 131 cm³/mol. The summed E-state index contributed by atoms with van der Waals surface area (Å²) in [5.74, 6) is -1.19. The van der Waals surface area contributed by atoms with Crippen molar-refractivity contribution in [1.29, 1.82) is 0 Å². The van der Waals surface area contributed by atoms with Crippen LogP contribution in [0.2, 0.25) is 0 Å². The van der Waals surface area contributed by atoms with Gasteiger partial charge in [0.25, 0.3) is 5.91 Å². The van der Waals surface area contributed by atoms with E-state index in [0.29, 0.717) is 17.7 Å². The molecule has 0 saturated carbocycles. The smallest absolute Gasteiger partial charge is 0.307 e. The molecule has 7 heteroatoms. The third-order valence-corrected chi connectivity index (χ3v) is 7.60. The van der Waals surface area contributed by atoms with Crippen molar-refractivity contribution in [1.82, 2.24) is 0 Å². The van der Waals surface area contributed by atoms with Crippen LogP contribution >= 0.6 is 7.60 Å². The normalized spacial score (nSPS) is 15.6. The first-order valence-corrected chi connectivity index (χ1v) is 12.6. The molecule has 0 aromatic heterocycles. The number of hydrogen-bond acceptors (Lipinski definition) is 5. The Bertz CT molecular complexity index is 1170. The Morgan fingerprint density at radius 1 is 0.848 bits per heavy atom. The fraction of sp³-hybridized carbons (Fsp3) is 0.231. The van der Waals surface area contributed by atoms with Crippen molar-refractivity contribution in [3.05, 3.63) is 102 Å². The van der Waals surface area contributed by atoms with Gasteiger partial charge in [0, 0.05) is 5.56 Å². The second kappa shape index (κ2) is 10.3. The zero-order valence-electron chi connectivity index (χ0n) is 18.8. The van der Waals surface area contributed by atoms with Crippen LogP contribution in [0.25, 0.3) is 0 Å². The first-order chi connectivity index (χ1) is 16.1. The lowest BCUT2D eigenvalue weighted by Crippen LogP contribution is -2.30. The molecule has 170 valence electrons. The summed E-state index contributed by atoms with van der Waals surface area (Å²) >= 11 is 0. The van der Waals surface area contributed by atoms with Crippen LogP contribution in [0, 0.1) is 0 Å². The van der Waals surface area contributed by atoms with Crippen LogP contribution in [0.15, 0.2) is 89.9 Å². The molecule has 33 heavy (non-hydrogen) atoms. The minimum atomic E-state index is -3.69. The van der Waals surface area contributed by atoms with Gasteiger partial charge in [0.05, 0.1) is 25.4 Å². The third kappa shape index (κ3) is 4.83. The number of para-hydroxylation sites is 1. The minimum Gasteiger partial charge on any atom is -0.307 e. The Morgan fingerprint density at radius 3 is 2.06 bits per heavy atom. The maximum Gasteiger partial charge on any atom is 0.359 e. The Kier molecular flexibility index (Phi) is 7.19. The van der Waals surface area contributed by atoms with Crippen molar-refractivity contribution in [2.75, 3.05) is 18.1 Å². The van der Waals surface area contributed by atoms with Crippen molar-refractivity contribution >= 4 is 24.9 Å². The molecule has 0 fully saturated rings. The van der Waals surface area contributed by atoms with Gasteiger partial charge >= 0.3 is 7.60 Å². The zero-order chi connectivity index (χ0) is 23.3. The molecule has 3 aromatic carbocycles. The van der Waals surface area contributed by atoms with Gasteiger partial charge in [0.2, 0.25) is 0 Å². The molecule has 0 saturated heterocycles. The fourth-order valence-electron chi connectivity index (χ4n) is 3.92. The van der Waals surface area contributed by atoms with Gasteiger partial charge in [-0.05, 0) is 31.0 Å². The molecule has 0 spiro atoms. The summed E-state index contributed by atoms with van der Waals surface area (Å²) in [6.45, 7) is 4.35. The SMILES string of the molecule is CCOP(=O)(OCC)[C@@H](N=C1C(=O)N(Cc2ccccc2)c2ccccc21)c1ccccc1. The van der Waals surface area contributed by atoms with Crippen molar-refractivity contribution < 1.29 is 18.4 Å². The number of carbonyl (C=O) groups excluding carboxylic acids is 1. The predicted octanol–water partition coefficient (Wildman–Crippen LogP) is 5.99. The van der Waals surface area contributed by atoms with Gasteiger partial charge < -0.3 is 13.9 Å². The molecular formula is C26H27N2O4P. The van der Waals surface area contributed by atoms with Crippen LogP contribution < -0.4 is 4.90 Å². The zero-order valence-corrected chi connectivity index (χ0v) is 19.7. The topological polar surface area (TPSA) is 68.2 Å². The summed E-state index contributed by atoms with van der Waals surface area (Å²) < 4.78 is 25.1. The highest BCUT2D eigenvalue weighted by atomic mass is 31.2. The Labute approximate surface area is 194 Å². The van der Waals surface area contributed by atoms with E-state index in [0.717, 1.165) is 11.3 Å². The van der Waals surface area contributed by atoms with Crippen molar-refractivity contribution in [3.8, 4) is 0 Å². The molecule has 0 bridgehead atoms. The number of aliphatic imine (C=N–C) groups is 1. The number of fused-ring (bicyclic) bond motifs is 1. The Morgan fingerprint density at radius 2 is 1.42 bits per heavy atom.